The first-order valence-corrected chi connectivity index (χ1v) is 7.34. The highest BCUT2D eigenvalue weighted by molar-refractivity contribution is 7.89. The summed E-state index contributed by atoms with van der Waals surface area (Å²) in [5.41, 5.74) is -0.0712. The van der Waals surface area contributed by atoms with Crippen LogP contribution in [0.1, 0.15) is 24.3 Å². The summed E-state index contributed by atoms with van der Waals surface area (Å²) in [6.07, 6.45) is 1.29. The highest BCUT2D eigenvalue weighted by Crippen LogP contribution is 2.14. The first-order valence-electron chi connectivity index (χ1n) is 5.85. The lowest BCUT2D eigenvalue weighted by atomic mass is 10.2. The normalized spacial score (nSPS) is 13.4. The van der Waals surface area contributed by atoms with Gasteiger partial charge in [0.1, 0.15) is 10.6 Å². The van der Waals surface area contributed by atoms with E-state index in [1.54, 1.807) is 13.8 Å². The van der Waals surface area contributed by atoms with E-state index in [1.165, 1.54) is 10.8 Å². The number of aromatic nitrogens is 1. The number of hydrogen-bond donors (Lipinski definition) is 3. The summed E-state index contributed by atoms with van der Waals surface area (Å²) in [6.45, 7) is 3.76. The lowest BCUT2D eigenvalue weighted by Gasteiger charge is -2.09. The topological polar surface area (TPSA) is 109 Å². The molecule has 0 aliphatic heterocycles. The second-order valence-electron chi connectivity index (χ2n) is 4.29. The van der Waals surface area contributed by atoms with Crippen molar-refractivity contribution in [1.29, 1.82) is 0 Å². The molecule has 19 heavy (non-hydrogen) atoms. The molecule has 1 atom stereocenters. The van der Waals surface area contributed by atoms with E-state index >= 15 is 0 Å². The highest BCUT2D eigenvalue weighted by atomic mass is 32.2. The van der Waals surface area contributed by atoms with E-state index in [2.05, 4.69) is 4.72 Å². The Hall–Kier alpha value is -1.38. The van der Waals surface area contributed by atoms with Crippen LogP contribution in [0.2, 0.25) is 0 Å². The summed E-state index contributed by atoms with van der Waals surface area (Å²) in [7, 11) is -3.76. The number of carboxylic acid groups (broad SMARTS) is 1. The van der Waals surface area contributed by atoms with Crippen molar-refractivity contribution in [1.82, 2.24) is 9.29 Å². The summed E-state index contributed by atoms with van der Waals surface area (Å²) < 4.78 is 27.6. The Morgan fingerprint density at radius 3 is 2.58 bits per heavy atom. The van der Waals surface area contributed by atoms with Crippen molar-refractivity contribution in [3.63, 3.8) is 0 Å². The molecule has 0 aliphatic carbocycles. The van der Waals surface area contributed by atoms with Crippen LogP contribution in [0.5, 0.6) is 0 Å². The first-order chi connectivity index (χ1) is 8.81. The van der Waals surface area contributed by atoms with Gasteiger partial charge in [-0.1, -0.05) is 6.92 Å². The number of rotatable bonds is 7. The summed E-state index contributed by atoms with van der Waals surface area (Å²) in [5, 5.41) is 17.8. The van der Waals surface area contributed by atoms with Crippen LogP contribution in [0.3, 0.4) is 0 Å². The number of sulfonamides is 1. The van der Waals surface area contributed by atoms with Gasteiger partial charge in [-0.05, 0) is 18.9 Å². The molecule has 0 radical (unpaired) electrons. The van der Waals surface area contributed by atoms with E-state index in [0.29, 0.717) is 6.54 Å². The molecule has 108 valence electrons. The molecule has 7 nitrogen and oxygen atoms in total. The minimum absolute atomic E-state index is 0.0712. The predicted octanol–water partition coefficient (Wildman–Crippen LogP) is 0.113. The number of carbonyl (C=O) groups is 1. The fourth-order valence-electron chi connectivity index (χ4n) is 1.47. The third kappa shape index (κ3) is 3.79. The molecule has 1 rings (SSSR count). The quantitative estimate of drug-likeness (QED) is 0.660. The van der Waals surface area contributed by atoms with E-state index in [1.807, 2.05) is 0 Å². The van der Waals surface area contributed by atoms with Gasteiger partial charge >= 0.3 is 5.97 Å². The van der Waals surface area contributed by atoms with Gasteiger partial charge in [0.05, 0.1) is 0 Å². The highest BCUT2D eigenvalue weighted by Gasteiger charge is 2.21. The molecule has 1 aromatic rings. The Kier molecular flexibility index (Phi) is 5.10. The average Bonchev–Trinajstić information content (AvgIpc) is 2.81. The van der Waals surface area contributed by atoms with Gasteiger partial charge in [-0.2, -0.15) is 0 Å². The lowest BCUT2D eigenvalue weighted by molar-refractivity contribution is 0.0685. The Morgan fingerprint density at radius 2 is 2.16 bits per heavy atom. The maximum atomic E-state index is 12.0. The van der Waals surface area contributed by atoms with Crippen molar-refractivity contribution in [3.05, 3.63) is 18.0 Å². The predicted molar refractivity (Wildman–Crippen MR) is 68.5 cm³/mol. The molecular formula is C11H18N2O5S. The van der Waals surface area contributed by atoms with Gasteiger partial charge in [-0.25, -0.2) is 17.9 Å². The van der Waals surface area contributed by atoms with Crippen LogP contribution in [-0.2, 0) is 16.6 Å². The lowest BCUT2D eigenvalue weighted by Crippen LogP contribution is -2.29. The van der Waals surface area contributed by atoms with E-state index in [4.69, 9.17) is 10.2 Å². The molecule has 1 unspecified atom stereocenters. The maximum absolute atomic E-state index is 12.0. The number of aromatic carboxylic acids is 1. The van der Waals surface area contributed by atoms with Crippen molar-refractivity contribution >= 4 is 16.0 Å². The molecule has 0 aromatic carbocycles. The molecule has 8 heteroatoms. The smallest absolute Gasteiger partial charge is 0.352 e. The second kappa shape index (κ2) is 6.18. The number of aliphatic hydroxyl groups excluding tert-OH is 1. The molecule has 3 N–H and O–H groups in total. The summed E-state index contributed by atoms with van der Waals surface area (Å²) in [6, 6.07) is 1.12. The maximum Gasteiger partial charge on any atom is 0.352 e. The molecule has 0 saturated heterocycles. The van der Waals surface area contributed by atoms with Crippen LogP contribution >= 0.6 is 0 Å². The van der Waals surface area contributed by atoms with Crippen LogP contribution < -0.4 is 4.72 Å². The zero-order valence-corrected chi connectivity index (χ0v) is 11.6. The third-order valence-corrected chi connectivity index (χ3v) is 4.07. The van der Waals surface area contributed by atoms with Crippen LogP contribution in [0.25, 0.3) is 0 Å². The zero-order valence-electron chi connectivity index (χ0n) is 10.8. The number of hydrogen-bond acceptors (Lipinski definition) is 4. The number of aliphatic hydroxyl groups is 1. The Labute approximate surface area is 111 Å². The van der Waals surface area contributed by atoms with Gasteiger partial charge in [-0.3, -0.25) is 0 Å². The summed E-state index contributed by atoms with van der Waals surface area (Å²) >= 11 is 0. The monoisotopic (exact) mass is 290 g/mol. The molecule has 1 heterocycles. The van der Waals surface area contributed by atoms with Gasteiger partial charge in [0, 0.05) is 25.9 Å². The van der Waals surface area contributed by atoms with Crippen LogP contribution in [0.4, 0.5) is 0 Å². The van der Waals surface area contributed by atoms with E-state index in [-0.39, 0.29) is 29.7 Å². The van der Waals surface area contributed by atoms with Crippen LogP contribution in [-0.4, -0.2) is 42.3 Å². The van der Waals surface area contributed by atoms with E-state index < -0.39 is 16.0 Å². The number of carboxylic acids is 1. The molecular weight excluding hydrogens is 272 g/mol. The van der Waals surface area contributed by atoms with Crippen molar-refractivity contribution in [2.24, 2.45) is 5.92 Å². The minimum Gasteiger partial charge on any atom is -0.477 e. The molecule has 0 fully saturated rings. The molecule has 0 amide bonds. The van der Waals surface area contributed by atoms with Crippen molar-refractivity contribution in [2.75, 3.05) is 13.2 Å². The van der Waals surface area contributed by atoms with Gasteiger partial charge < -0.3 is 14.8 Å². The number of nitrogens with zero attached hydrogens (tertiary/aromatic N) is 1. The standard InChI is InChI=1S/C11H18N2O5S/c1-3-13-6-9(4-10(13)11(15)16)19(17,18)12-5-8(2)7-14/h4,6,8,12,14H,3,5,7H2,1-2H3,(H,15,16). The summed E-state index contributed by atoms with van der Waals surface area (Å²) in [5.74, 6) is -1.38. The van der Waals surface area contributed by atoms with Crippen molar-refractivity contribution in [2.45, 2.75) is 25.3 Å². The van der Waals surface area contributed by atoms with Gasteiger partial charge in [-0.15, -0.1) is 0 Å². The first kappa shape index (κ1) is 15.7. The SMILES string of the molecule is CCn1cc(S(=O)(=O)NCC(C)CO)cc1C(=O)O. The summed E-state index contributed by atoms with van der Waals surface area (Å²) in [4.78, 5) is 10.9. The van der Waals surface area contributed by atoms with Gasteiger partial charge in [0.15, 0.2) is 0 Å². The number of aryl methyl sites for hydroxylation is 1. The Bertz CT molecular complexity index is 549. The van der Waals surface area contributed by atoms with Gasteiger partial charge in [0.25, 0.3) is 0 Å². The van der Waals surface area contributed by atoms with E-state index in [9.17, 15) is 13.2 Å². The molecule has 0 spiro atoms. The van der Waals surface area contributed by atoms with Crippen molar-refractivity contribution < 1.29 is 23.4 Å². The van der Waals surface area contributed by atoms with Crippen LogP contribution in [0, 0.1) is 5.92 Å². The van der Waals surface area contributed by atoms with E-state index in [0.717, 1.165) is 6.07 Å². The Morgan fingerprint density at radius 1 is 1.53 bits per heavy atom. The molecule has 0 aliphatic rings. The second-order valence-corrected chi connectivity index (χ2v) is 6.06. The minimum atomic E-state index is -3.76. The molecule has 0 bridgehead atoms. The fourth-order valence-corrected chi connectivity index (χ4v) is 2.67. The fraction of sp³-hybridized carbons (Fsp3) is 0.545. The number of nitrogens with one attached hydrogen (secondary N) is 1. The average molecular weight is 290 g/mol. The largest absolute Gasteiger partial charge is 0.477 e. The van der Waals surface area contributed by atoms with Crippen molar-refractivity contribution in [3.8, 4) is 0 Å². The zero-order chi connectivity index (χ0) is 14.6. The molecule has 0 saturated carbocycles. The van der Waals surface area contributed by atoms with Gasteiger partial charge in [0.2, 0.25) is 10.0 Å². The third-order valence-electron chi connectivity index (χ3n) is 2.68. The molecule has 1 aromatic heterocycles. The Balaban J connectivity index is 2.99. The van der Waals surface area contributed by atoms with Crippen LogP contribution in [0.15, 0.2) is 17.2 Å².